The van der Waals surface area contributed by atoms with Gasteiger partial charge in [0.25, 0.3) is 5.56 Å². The molecule has 1 aromatic heterocycles. The van der Waals surface area contributed by atoms with Gasteiger partial charge >= 0.3 is 0 Å². The van der Waals surface area contributed by atoms with Crippen LogP contribution < -0.4 is 10.9 Å². The van der Waals surface area contributed by atoms with Crippen LogP contribution in [0.2, 0.25) is 0 Å². The van der Waals surface area contributed by atoms with Crippen LogP contribution in [-0.2, 0) is 16.6 Å². The number of carbonyl (C=O) groups excluding carboxylic acids is 1. The topological polar surface area (TPSA) is 73.2 Å². The third-order valence-corrected chi connectivity index (χ3v) is 4.08. The highest BCUT2D eigenvalue weighted by Gasteiger charge is 2.22. The number of nitrogens with one attached hydrogen (secondary N) is 1. The summed E-state index contributed by atoms with van der Waals surface area (Å²) in [7, 11) is 3.24. The van der Waals surface area contributed by atoms with Crippen molar-refractivity contribution in [2.75, 3.05) is 13.7 Å². The van der Waals surface area contributed by atoms with Crippen LogP contribution in [0.15, 0.2) is 41.3 Å². The van der Waals surface area contributed by atoms with Crippen LogP contribution in [0.5, 0.6) is 0 Å². The molecule has 1 N–H and O–H groups in total. The summed E-state index contributed by atoms with van der Waals surface area (Å²) >= 11 is 0. The number of amides is 1. The van der Waals surface area contributed by atoms with E-state index in [0.717, 1.165) is 5.56 Å². The Bertz CT molecular complexity index is 769. The molecule has 1 aromatic carbocycles. The first-order valence-corrected chi connectivity index (χ1v) is 8.34. The van der Waals surface area contributed by atoms with E-state index in [1.54, 1.807) is 20.4 Å². The normalized spacial score (nSPS) is 12.2. The van der Waals surface area contributed by atoms with E-state index in [1.807, 2.05) is 44.2 Å². The zero-order valence-electron chi connectivity index (χ0n) is 15.2. The van der Waals surface area contributed by atoms with Crippen molar-refractivity contribution in [2.24, 2.45) is 7.05 Å². The summed E-state index contributed by atoms with van der Waals surface area (Å²) in [4.78, 5) is 29.3. The molecule has 1 atom stereocenters. The Morgan fingerprint density at radius 3 is 2.56 bits per heavy atom. The minimum absolute atomic E-state index is 0.0896. The molecule has 0 aliphatic rings. The molecule has 0 radical (unpaired) electrons. The van der Waals surface area contributed by atoms with Gasteiger partial charge in [0.1, 0.15) is 11.9 Å². The summed E-state index contributed by atoms with van der Waals surface area (Å²) in [5, 5.41) is 2.96. The molecule has 0 saturated carbocycles. The fourth-order valence-corrected chi connectivity index (χ4v) is 2.61. The van der Waals surface area contributed by atoms with E-state index in [-0.39, 0.29) is 23.8 Å². The first-order chi connectivity index (χ1) is 12.0. The Hall–Kier alpha value is -2.47. The van der Waals surface area contributed by atoms with Crippen LogP contribution in [0.1, 0.15) is 49.2 Å². The molecule has 2 rings (SSSR count). The van der Waals surface area contributed by atoms with Gasteiger partial charge in [-0.2, -0.15) is 0 Å². The van der Waals surface area contributed by atoms with Crippen molar-refractivity contribution in [1.82, 2.24) is 14.9 Å². The first kappa shape index (κ1) is 18.9. The predicted molar refractivity (Wildman–Crippen MR) is 96.5 cm³/mol. The molecule has 0 aliphatic heterocycles. The van der Waals surface area contributed by atoms with Gasteiger partial charge in [0.2, 0.25) is 5.91 Å². The van der Waals surface area contributed by atoms with Crippen LogP contribution in [0.3, 0.4) is 0 Å². The van der Waals surface area contributed by atoms with E-state index in [4.69, 9.17) is 4.74 Å². The number of carbonyl (C=O) groups is 1. The van der Waals surface area contributed by atoms with Gasteiger partial charge in [-0.25, -0.2) is 4.98 Å². The van der Waals surface area contributed by atoms with E-state index >= 15 is 0 Å². The van der Waals surface area contributed by atoms with Gasteiger partial charge in [0.05, 0.1) is 6.61 Å². The zero-order chi connectivity index (χ0) is 18.4. The number of hydrogen-bond acceptors (Lipinski definition) is 4. The Labute approximate surface area is 147 Å². The summed E-state index contributed by atoms with van der Waals surface area (Å²) in [5.41, 5.74) is 1.43. The fraction of sp³-hybridized carbons (Fsp3) is 0.421. The van der Waals surface area contributed by atoms with Gasteiger partial charge in [-0.15, -0.1) is 0 Å². The van der Waals surface area contributed by atoms with Gasteiger partial charge in [0.15, 0.2) is 0 Å². The summed E-state index contributed by atoms with van der Waals surface area (Å²) in [5.74, 6) is 0.441. The van der Waals surface area contributed by atoms with E-state index in [9.17, 15) is 9.59 Å². The van der Waals surface area contributed by atoms with E-state index in [1.165, 1.54) is 4.57 Å². The maximum absolute atomic E-state index is 12.6. The van der Waals surface area contributed by atoms with Crippen LogP contribution in [0.4, 0.5) is 0 Å². The smallest absolute Gasteiger partial charge is 0.256 e. The fourth-order valence-electron chi connectivity index (χ4n) is 2.61. The zero-order valence-corrected chi connectivity index (χ0v) is 15.2. The summed E-state index contributed by atoms with van der Waals surface area (Å²) in [6.07, 6.45) is 1.86. The monoisotopic (exact) mass is 343 g/mol. The molecular formula is C19H25N3O3. The molecule has 6 heteroatoms. The molecule has 0 bridgehead atoms. The number of nitrogens with zero attached hydrogens (tertiary/aromatic N) is 2. The maximum Gasteiger partial charge on any atom is 0.256 e. The number of hydrogen-bond donors (Lipinski definition) is 1. The number of rotatable bonds is 7. The molecule has 0 saturated heterocycles. The van der Waals surface area contributed by atoms with E-state index in [0.29, 0.717) is 18.0 Å². The van der Waals surface area contributed by atoms with Gasteiger partial charge in [0, 0.05) is 32.3 Å². The highest BCUT2D eigenvalue weighted by atomic mass is 16.5. The minimum atomic E-state index is -0.496. The predicted octanol–water partition coefficient (Wildman–Crippen LogP) is 2.15. The first-order valence-electron chi connectivity index (χ1n) is 8.34. The van der Waals surface area contributed by atoms with Crippen LogP contribution in [0, 0.1) is 0 Å². The molecule has 0 fully saturated rings. The van der Waals surface area contributed by atoms with Crippen molar-refractivity contribution in [1.29, 1.82) is 0 Å². The number of aromatic nitrogens is 2. The highest BCUT2D eigenvalue weighted by molar-refractivity contribution is 5.76. The Morgan fingerprint density at radius 2 is 1.96 bits per heavy atom. The highest BCUT2D eigenvalue weighted by Crippen LogP contribution is 2.20. The summed E-state index contributed by atoms with van der Waals surface area (Å²) in [6.45, 7) is 4.25. The lowest BCUT2D eigenvalue weighted by molar-refractivity contribution is -0.122. The summed E-state index contributed by atoms with van der Waals surface area (Å²) < 4.78 is 6.48. The third kappa shape index (κ3) is 4.54. The molecule has 6 nitrogen and oxygen atoms in total. The lowest BCUT2D eigenvalue weighted by Crippen LogP contribution is -2.36. The summed E-state index contributed by atoms with van der Waals surface area (Å²) in [6, 6.07) is 9.01. The molecule has 0 spiro atoms. The van der Waals surface area contributed by atoms with Gasteiger partial charge < -0.3 is 10.1 Å². The van der Waals surface area contributed by atoms with Gasteiger partial charge in [-0.3, -0.25) is 14.2 Å². The average molecular weight is 343 g/mol. The lowest BCUT2D eigenvalue weighted by Gasteiger charge is -2.22. The second kappa shape index (κ2) is 8.58. The number of methoxy groups -OCH3 is 1. The average Bonchev–Trinajstić information content (AvgIpc) is 2.61. The van der Waals surface area contributed by atoms with Crippen molar-refractivity contribution >= 4 is 5.91 Å². The van der Waals surface area contributed by atoms with Crippen molar-refractivity contribution < 1.29 is 9.53 Å². The number of benzene rings is 1. The van der Waals surface area contributed by atoms with E-state index < -0.39 is 6.04 Å². The van der Waals surface area contributed by atoms with Crippen LogP contribution >= 0.6 is 0 Å². The SMILES string of the molecule is COCCC(=O)N[C@@H](c1ccccc1)c1ncc(C(C)C)c(=O)n1C. The molecule has 2 aromatic rings. The third-order valence-electron chi connectivity index (χ3n) is 4.08. The molecule has 134 valence electrons. The van der Waals surface area contributed by atoms with Crippen molar-refractivity contribution in [3.05, 3.63) is 63.8 Å². The van der Waals surface area contributed by atoms with Crippen LogP contribution in [-0.4, -0.2) is 29.2 Å². The Morgan fingerprint density at radius 1 is 1.28 bits per heavy atom. The molecular weight excluding hydrogens is 318 g/mol. The molecule has 25 heavy (non-hydrogen) atoms. The van der Waals surface area contributed by atoms with Crippen molar-refractivity contribution in [2.45, 2.75) is 32.2 Å². The molecule has 1 heterocycles. The second-order valence-electron chi connectivity index (χ2n) is 6.24. The van der Waals surface area contributed by atoms with Crippen molar-refractivity contribution in [3.8, 4) is 0 Å². The van der Waals surface area contributed by atoms with Crippen LogP contribution in [0.25, 0.3) is 0 Å². The molecule has 0 unspecified atom stereocenters. The Balaban J connectivity index is 2.44. The maximum atomic E-state index is 12.6. The largest absolute Gasteiger partial charge is 0.384 e. The standard InChI is InChI=1S/C19H25N3O3/c1-13(2)15-12-20-18(22(3)19(15)24)17(14-8-6-5-7-9-14)21-16(23)10-11-25-4/h5-9,12-13,17H,10-11H2,1-4H3,(H,21,23)/t17-/m0/s1. The Kier molecular flexibility index (Phi) is 6.47. The number of ether oxygens (including phenoxy) is 1. The van der Waals surface area contributed by atoms with E-state index in [2.05, 4.69) is 10.3 Å². The minimum Gasteiger partial charge on any atom is -0.384 e. The lowest BCUT2D eigenvalue weighted by atomic mass is 10.0. The second-order valence-corrected chi connectivity index (χ2v) is 6.24. The quantitative estimate of drug-likeness (QED) is 0.836. The van der Waals surface area contributed by atoms with Gasteiger partial charge in [-0.1, -0.05) is 44.2 Å². The van der Waals surface area contributed by atoms with Gasteiger partial charge in [-0.05, 0) is 11.5 Å². The molecule has 1 amide bonds. The molecule has 0 aliphatic carbocycles. The van der Waals surface area contributed by atoms with Crippen molar-refractivity contribution in [3.63, 3.8) is 0 Å².